The number of hydrogen-bond donors (Lipinski definition) is 2. The topological polar surface area (TPSA) is 85.9 Å². The standard InChI is InChI=1S/C26H20Cl2N2O5S/c1-33-22-12-16(7-8-21(22)34-13-15-5-3-2-4-6-15)14-35-23-19(27)10-17(11-20(23)28)9-18-24(31)29-26(36)30-25(18)32/h2-12H,13-14H2,1H3,(H2,29,30,31,32,36). The summed E-state index contributed by atoms with van der Waals surface area (Å²) in [6, 6.07) is 18.4. The van der Waals surface area contributed by atoms with Crippen molar-refractivity contribution in [2.24, 2.45) is 0 Å². The molecule has 10 heteroatoms. The van der Waals surface area contributed by atoms with Crippen molar-refractivity contribution < 1.29 is 23.8 Å². The maximum Gasteiger partial charge on any atom is 0.263 e. The van der Waals surface area contributed by atoms with Gasteiger partial charge in [-0.15, -0.1) is 0 Å². The zero-order chi connectivity index (χ0) is 25.7. The van der Waals surface area contributed by atoms with Crippen LogP contribution in [-0.2, 0) is 22.8 Å². The summed E-state index contributed by atoms with van der Waals surface area (Å²) in [7, 11) is 1.57. The van der Waals surface area contributed by atoms with Gasteiger partial charge >= 0.3 is 0 Å². The van der Waals surface area contributed by atoms with Gasteiger partial charge in [-0.3, -0.25) is 20.2 Å². The fraction of sp³-hybridized carbons (Fsp3) is 0.115. The van der Waals surface area contributed by atoms with Crippen LogP contribution in [0.15, 0.2) is 66.2 Å². The second kappa shape index (κ2) is 11.4. The van der Waals surface area contributed by atoms with E-state index in [9.17, 15) is 9.59 Å². The third-order valence-electron chi connectivity index (χ3n) is 5.12. The van der Waals surface area contributed by atoms with Gasteiger partial charge in [0.15, 0.2) is 22.4 Å². The van der Waals surface area contributed by atoms with Crippen LogP contribution in [-0.4, -0.2) is 24.0 Å². The first-order valence-electron chi connectivity index (χ1n) is 10.7. The minimum absolute atomic E-state index is 0.0469. The van der Waals surface area contributed by atoms with Crippen molar-refractivity contribution in [3.8, 4) is 17.2 Å². The molecule has 3 aromatic rings. The number of methoxy groups -OCH3 is 1. The van der Waals surface area contributed by atoms with E-state index in [0.29, 0.717) is 23.7 Å². The summed E-state index contributed by atoms with van der Waals surface area (Å²) >= 11 is 17.6. The Bertz CT molecular complexity index is 1320. The minimum atomic E-state index is -0.610. The first kappa shape index (κ1) is 25.5. The van der Waals surface area contributed by atoms with Crippen molar-refractivity contribution in [1.82, 2.24) is 10.6 Å². The van der Waals surface area contributed by atoms with Gasteiger partial charge in [0.2, 0.25) is 0 Å². The monoisotopic (exact) mass is 542 g/mol. The molecular weight excluding hydrogens is 523 g/mol. The number of benzene rings is 3. The highest BCUT2D eigenvalue weighted by Crippen LogP contribution is 2.36. The first-order valence-corrected chi connectivity index (χ1v) is 11.8. The highest BCUT2D eigenvalue weighted by atomic mass is 35.5. The molecule has 184 valence electrons. The number of thiocarbonyl (C=S) groups is 1. The second-order valence-electron chi connectivity index (χ2n) is 7.66. The largest absolute Gasteiger partial charge is 0.493 e. The summed E-state index contributed by atoms with van der Waals surface area (Å²) in [5.74, 6) is 0.218. The van der Waals surface area contributed by atoms with E-state index in [2.05, 4.69) is 10.6 Å². The van der Waals surface area contributed by atoms with Crippen LogP contribution in [0.3, 0.4) is 0 Å². The molecule has 0 saturated carbocycles. The van der Waals surface area contributed by atoms with Gasteiger partial charge in [-0.05, 0) is 59.2 Å². The van der Waals surface area contributed by atoms with Gasteiger partial charge in [0, 0.05) is 0 Å². The van der Waals surface area contributed by atoms with Crippen molar-refractivity contribution in [1.29, 1.82) is 0 Å². The second-order valence-corrected chi connectivity index (χ2v) is 8.88. The number of carbonyl (C=O) groups excluding carboxylic acids is 2. The van der Waals surface area contributed by atoms with E-state index in [0.717, 1.165) is 11.1 Å². The van der Waals surface area contributed by atoms with E-state index in [1.165, 1.54) is 6.08 Å². The molecule has 7 nitrogen and oxygen atoms in total. The zero-order valence-electron chi connectivity index (χ0n) is 19.0. The summed E-state index contributed by atoms with van der Waals surface area (Å²) in [5, 5.41) is 5.13. The molecule has 2 amide bonds. The fourth-order valence-corrected chi connectivity index (χ4v) is 4.18. The van der Waals surface area contributed by atoms with Crippen molar-refractivity contribution in [2.75, 3.05) is 7.11 Å². The lowest BCUT2D eigenvalue weighted by atomic mass is 10.1. The molecule has 1 aliphatic heterocycles. The summed E-state index contributed by atoms with van der Waals surface area (Å²) in [6.07, 6.45) is 1.37. The molecule has 0 aromatic heterocycles. The van der Waals surface area contributed by atoms with Gasteiger partial charge in [0.25, 0.3) is 11.8 Å². The number of ether oxygens (including phenoxy) is 3. The Morgan fingerprint density at radius 1 is 0.833 bits per heavy atom. The van der Waals surface area contributed by atoms with Crippen LogP contribution in [0.5, 0.6) is 17.2 Å². The lowest BCUT2D eigenvalue weighted by molar-refractivity contribution is -0.123. The summed E-state index contributed by atoms with van der Waals surface area (Å²) < 4.78 is 17.2. The average molecular weight is 543 g/mol. The number of nitrogens with one attached hydrogen (secondary N) is 2. The van der Waals surface area contributed by atoms with Crippen LogP contribution in [0.4, 0.5) is 0 Å². The zero-order valence-corrected chi connectivity index (χ0v) is 21.3. The Labute approximate surface area is 222 Å². The molecule has 36 heavy (non-hydrogen) atoms. The van der Waals surface area contributed by atoms with Crippen molar-refractivity contribution in [3.63, 3.8) is 0 Å². The third kappa shape index (κ3) is 6.15. The van der Waals surface area contributed by atoms with E-state index in [1.54, 1.807) is 19.2 Å². The predicted molar refractivity (Wildman–Crippen MR) is 141 cm³/mol. The maximum atomic E-state index is 12.1. The van der Waals surface area contributed by atoms with E-state index in [4.69, 9.17) is 49.6 Å². The molecule has 0 unspecified atom stereocenters. The smallest absolute Gasteiger partial charge is 0.263 e. The Kier molecular flexibility index (Phi) is 8.10. The maximum absolute atomic E-state index is 12.1. The molecule has 1 fully saturated rings. The summed E-state index contributed by atoms with van der Waals surface area (Å²) in [4.78, 5) is 24.1. The summed E-state index contributed by atoms with van der Waals surface area (Å²) in [5.41, 5.74) is 2.19. The predicted octanol–water partition coefficient (Wildman–Crippen LogP) is 5.07. The Morgan fingerprint density at radius 3 is 2.11 bits per heavy atom. The van der Waals surface area contributed by atoms with Crippen molar-refractivity contribution in [2.45, 2.75) is 13.2 Å². The highest BCUT2D eigenvalue weighted by Gasteiger charge is 2.26. The lowest BCUT2D eigenvalue weighted by Gasteiger charge is -2.17. The molecule has 0 atom stereocenters. The van der Waals surface area contributed by atoms with Crippen LogP contribution < -0.4 is 24.8 Å². The van der Waals surface area contributed by atoms with Crippen LogP contribution in [0.1, 0.15) is 16.7 Å². The van der Waals surface area contributed by atoms with Crippen LogP contribution in [0.25, 0.3) is 6.08 Å². The molecule has 1 saturated heterocycles. The number of amides is 2. The number of rotatable bonds is 8. The van der Waals surface area contributed by atoms with Gasteiger partial charge in [0.1, 0.15) is 18.8 Å². The quantitative estimate of drug-likeness (QED) is 0.234. The lowest BCUT2D eigenvalue weighted by Crippen LogP contribution is -2.51. The van der Waals surface area contributed by atoms with E-state index in [-0.39, 0.29) is 33.1 Å². The first-order chi connectivity index (χ1) is 17.3. The molecule has 0 spiro atoms. The Morgan fingerprint density at radius 2 is 1.47 bits per heavy atom. The van der Waals surface area contributed by atoms with Crippen LogP contribution in [0.2, 0.25) is 10.0 Å². The summed E-state index contributed by atoms with van der Waals surface area (Å²) in [6.45, 7) is 0.578. The molecule has 2 N–H and O–H groups in total. The van der Waals surface area contributed by atoms with Crippen molar-refractivity contribution in [3.05, 3.63) is 93.0 Å². The molecule has 3 aromatic carbocycles. The molecule has 1 aliphatic rings. The Balaban J connectivity index is 1.45. The van der Waals surface area contributed by atoms with Crippen molar-refractivity contribution >= 4 is 58.4 Å². The Hall–Kier alpha value is -3.59. The van der Waals surface area contributed by atoms with Gasteiger partial charge in [-0.25, -0.2) is 0 Å². The molecule has 4 rings (SSSR count). The molecular formula is C26H20Cl2N2O5S. The number of hydrogen-bond acceptors (Lipinski definition) is 6. The average Bonchev–Trinajstić information content (AvgIpc) is 2.85. The highest BCUT2D eigenvalue weighted by molar-refractivity contribution is 7.80. The third-order valence-corrected chi connectivity index (χ3v) is 5.89. The van der Waals surface area contributed by atoms with Crippen LogP contribution >= 0.6 is 35.4 Å². The van der Waals surface area contributed by atoms with Crippen LogP contribution in [0, 0.1) is 0 Å². The van der Waals surface area contributed by atoms with Gasteiger partial charge in [0.05, 0.1) is 17.2 Å². The normalized spacial score (nSPS) is 13.1. The van der Waals surface area contributed by atoms with Gasteiger partial charge in [-0.1, -0.05) is 59.6 Å². The van der Waals surface area contributed by atoms with E-state index in [1.807, 2.05) is 48.5 Å². The minimum Gasteiger partial charge on any atom is -0.493 e. The van der Waals surface area contributed by atoms with E-state index < -0.39 is 11.8 Å². The molecule has 0 radical (unpaired) electrons. The SMILES string of the molecule is COc1cc(COc2c(Cl)cc(C=C3C(=O)NC(=S)NC3=O)cc2Cl)ccc1OCc1ccccc1. The fourth-order valence-electron chi connectivity index (χ4n) is 3.39. The number of carbonyl (C=O) groups is 2. The molecule has 1 heterocycles. The van der Waals surface area contributed by atoms with E-state index >= 15 is 0 Å². The van der Waals surface area contributed by atoms with Gasteiger partial charge in [-0.2, -0.15) is 0 Å². The number of halogens is 2. The van der Waals surface area contributed by atoms with Gasteiger partial charge < -0.3 is 14.2 Å². The molecule has 0 bridgehead atoms. The molecule has 0 aliphatic carbocycles.